The predicted molar refractivity (Wildman–Crippen MR) is 121 cm³/mol. The van der Waals surface area contributed by atoms with Crippen molar-refractivity contribution in [1.29, 1.82) is 0 Å². The lowest BCUT2D eigenvalue weighted by Gasteiger charge is -2.56. The predicted octanol–water partition coefficient (Wildman–Crippen LogP) is 3.16. The molecule has 7 heteroatoms. The number of carbonyl (C=O) groups excluding carboxylic acids is 2. The van der Waals surface area contributed by atoms with E-state index in [9.17, 15) is 14.7 Å². The molecule has 2 heterocycles. The third-order valence-electron chi connectivity index (χ3n) is 8.50. The molecule has 1 amide bonds. The van der Waals surface area contributed by atoms with Crippen LogP contribution in [-0.4, -0.2) is 50.5 Å². The van der Waals surface area contributed by atoms with E-state index in [-0.39, 0.29) is 30.9 Å². The first-order valence-electron chi connectivity index (χ1n) is 12.3. The van der Waals surface area contributed by atoms with Crippen LogP contribution in [0.3, 0.4) is 0 Å². The molecule has 174 valence electrons. The van der Waals surface area contributed by atoms with Crippen LogP contribution in [0.25, 0.3) is 11.0 Å². The normalized spacial score (nSPS) is 34.7. The number of hydrogen-bond acceptors (Lipinski definition) is 6. The van der Waals surface area contributed by atoms with Crippen molar-refractivity contribution in [3.63, 3.8) is 0 Å². The summed E-state index contributed by atoms with van der Waals surface area (Å²) in [5.74, 6) is 1.55. The number of aliphatic hydroxyl groups excluding tert-OH is 1. The Morgan fingerprint density at radius 1 is 1.03 bits per heavy atom. The fourth-order valence-electron chi connectivity index (χ4n) is 7.44. The third-order valence-corrected chi connectivity index (χ3v) is 8.50. The zero-order chi connectivity index (χ0) is 22.7. The number of para-hydroxylation sites is 2. The van der Waals surface area contributed by atoms with Gasteiger partial charge in [0.1, 0.15) is 12.6 Å². The van der Waals surface area contributed by atoms with Gasteiger partial charge in [0.15, 0.2) is 0 Å². The van der Waals surface area contributed by atoms with Gasteiger partial charge in [0, 0.05) is 13.0 Å². The van der Waals surface area contributed by atoms with Crippen LogP contribution in [-0.2, 0) is 20.9 Å². The lowest BCUT2D eigenvalue weighted by molar-refractivity contribution is -0.166. The van der Waals surface area contributed by atoms with Crippen LogP contribution < -0.4 is 0 Å². The van der Waals surface area contributed by atoms with Crippen LogP contribution >= 0.6 is 0 Å². The molecule has 1 aromatic carbocycles. The second kappa shape index (κ2) is 7.76. The fraction of sp³-hybridized carbons (Fsp3) is 0.615. The highest BCUT2D eigenvalue weighted by Crippen LogP contribution is 2.60. The Morgan fingerprint density at radius 3 is 2.27 bits per heavy atom. The number of amides is 1. The smallest absolute Gasteiger partial charge is 0.329 e. The van der Waals surface area contributed by atoms with E-state index in [4.69, 9.17) is 4.74 Å². The van der Waals surface area contributed by atoms with Gasteiger partial charge in [-0.25, -0.2) is 14.8 Å². The number of rotatable bonds is 4. The quantitative estimate of drug-likeness (QED) is 0.721. The first-order chi connectivity index (χ1) is 15.9. The van der Waals surface area contributed by atoms with Crippen LogP contribution in [0.2, 0.25) is 0 Å². The molecule has 5 aliphatic rings. The molecule has 0 radical (unpaired) electrons. The lowest BCUT2D eigenvalue weighted by Crippen LogP contribution is -2.56. The summed E-state index contributed by atoms with van der Waals surface area (Å²) in [6.45, 7) is 2.08. The Bertz CT molecular complexity index is 1080. The maximum atomic E-state index is 13.8. The number of likely N-dealkylation sites (tertiary alicyclic amines) is 1. The van der Waals surface area contributed by atoms with Crippen LogP contribution in [0.4, 0.5) is 0 Å². The molecule has 5 fully saturated rings. The SMILES string of the molecule is Cc1nc2ccccc2nc1COC(=O)[C@@H]1C[C@H](O)CN1C(=O)C12CC3CC(CC(C3)C1)C2. The zero-order valence-corrected chi connectivity index (χ0v) is 19.1. The Kier molecular flexibility index (Phi) is 4.94. The van der Waals surface area contributed by atoms with E-state index in [1.54, 1.807) is 4.90 Å². The number of aromatic nitrogens is 2. The molecule has 7 nitrogen and oxygen atoms in total. The minimum absolute atomic E-state index is 0.00842. The van der Waals surface area contributed by atoms with E-state index in [0.29, 0.717) is 23.4 Å². The van der Waals surface area contributed by atoms with Crippen LogP contribution in [0.15, 0.2) is 24.3 Å². The molecule has 0 unspecified atom stereocenters. The van der Waals surface area contributed by atoms with Gasteiger partial charge >= 0.3 is 5.97 Å². The largest absolute Gasteiger partial charge is 0.458 e. The first-order valence-corrected chi connectivity index (χ1v) is 12.3. The van der Waals surface area contributed by atoms with Gasteiger partial charge in [-0.05, 0) is 75.3 Å². The molecular formula is C26H31N3O4. The lowest BCUT2D eigenvalue weighted by atomic mass is 9.49. The van der Waals surface area contributed by atoms with Gasteiger partial charge in [-0.1, -0.05) is 12.1 Å². The number of benzene rings is 1. The summed E-state index contributed by atoms with van der Waals surface area (Å²) >= 11 is 0. The van der Waals surface area contributed by atoms with Crippen molar-refractivity contribution in [3.05, 3.63) is 35.7 Å². The fourth-order valence-corrected chi connectivity index (χ4v) is 7.44. The van der Waals surface area contributed by atoms with E-state index < -0.39 is 18.1 Å². The number of aliphatic hydroxyl groups is 1. The molecular weight excluding hydrogens is 418 g/mol. The van der Waals surface area contributed by atoms with Crippen LogP contribution in [0.5, 0.6) is 0 Å². The number of hydrogen-bond donors (Lipinski definition) is 1. The number of ether oxygens (including phenoxy) is 1. The molecule has 1 saturated heterocycles. The third kappa shape index (κ3) is 3.61. The second-order valence-electron chi connectivity index (χ2n) is 10.9. The molecule has 1 aliphatic heterocycles. The molecule has 33 heavy (non-hydrogen) atoms. The first kappa shape index (κ1) is 21.0. The molecule has 7 rings (SSSR count). The van der Waals surface area contributed by atoms with Gasteiger partial charge in [-0.15, -0.1) is 0 Å². The number of nitrogens with zero attached hydrogens (tertiary/aromatic N) is 3. The van der Waals surface area contributed by atoms with Crippen LogP contribution in [0, 0.1) is 30.1 Å². The number of β-amino-alcohol motifs (C(OH)–C–C–N with tert-alkyl or cyclic N) is 1. The standard InChI is InChI=1S/C26H31N3O4/c1-15-22(28-21-5-3-2-4-20(21)27-15)14-33-24(31)23-9-19(30)13-29(23)25(32)26-10-16-6-17(11-26)8-18(7-16)12-26/h2-5,16-19,23,30H,6-14H2,1H3/t16?,17?,18?,19-,23-,26?/m0/s1. The van der Waals surface area contributed by atoms with Crippen molar-refractivity contribution in [2.45, 2.75) is 70.6 Å². The molecule has 4 bridgehead atoms. The Morgan fingerprint density at radius 2 is 1.64 bits per heavy atom. The van der Waals surface area contributed by atoms with E-state index >= 15 is 0 Å². The number of esters is 1. The van der Waals surface area contributed by atoms with Gasteiger partial charge < -0.3 is 14.7 Å². The average Bonchev–Trinajstić information content (AvgIpc) is 3.17. The minimum atomic E-state index is -0.728. The second-order valence-corrected chi connectivity index (χ2v) is 10.9. The monoisotopic (exact) mass is 449 g/mol. The summed E-state index contributed by atoms with van der Waals surface area (Å²) in [6, 6.07) is 6.87. The topological polar surface area (TPSA) is 92.6 Å². The van der Waals surface area contributed by atoms with Crippen molar-refractivity contribution in [2.75, 3.05) is 6.54 Å². The maximum absolute atomic E-state index is 13.8. The van der Waals surface area contributed by atoms with Crippen molar-refractivity contribution in [3.8, 4) is 0 Å². The highest BCUT2D eigenvalue weighted by Gasteiger charge is 2.57. The van der Waals surface area contributed by atoms with E-state index in [1.165, 1.54) is 19.3 Å². The van der Waals surface area contributed by atoms with Gasteiger partial charge in [-0.3, -0.25) is 4.79 Å². The van der Waals surface area contributed by atoms with Crippen molar-refractivity contribution in [2.24, 2.45) is 23.2 Å². The van der Waals surface area contributed by atoms with Crippen LogP contribution in [0.1, 0.15) is 56.3 Å². The Hall–Kier alpha value is -2.54. The van der Waals surface area contributed by atoms with Crippen molar-refractivity contribution < 1.29 is 19.4 Å². The summed E-state index contributed by atoms with van der Waals surface area (Å²) in [5, 5.41) is 10.4. The molecule has 4 saturated carbocycles. The zero-order valence-electron chi connectivity index (χ0n) is 19.1. The van der Waals surface area contributed by atoms with E-state index in [1.807, 2.05) is 31.2 Å². The maximum Gasteiger partial charge on any atom is 0.329 e. The molecule has 1 N–H and O–H groups in total. The molecule has 4 aliphatic carbocycles. The highest BCUT2D eigenvalue weighted by atomic mass is 16.5. The van der Waals surface area contributed by atoms with Crippen molar-refractivity contribution in [1.82, 2.24) is 14.9 Å². The Labute approximate surface area is 193 Å². The van der Waals surface area contributed by atoms with Crippen molar-refractivity contribution >= 4 is 22.9 Å². The number of carbonyl (C=O) groups is 2. The molecule has 0 spiro atoms. The summed E-state index contributed by atoms with van der Waals surface area (Å²) < 4.78 is 5.64. The molecule has 1 aromatic heterocycles. The average molecular weight is 450 g/mol. The summed E-state index contributed by atoms with van der Waals surface area (Å²) in [4.78, 5) is 37.7. The van der Waals surface area contributed by atoms with Gasteiger partial charge in [0.25, 0.3) is 0 Å². The van der Waals surface area contributed by atoms with Gasteiger partial charge in [0.2, 0.25) is 5.91 Å². The van der Waals surface area contributed by atoms with E-state index in [0.717, 1.165) is 36.0 Å². The summed E-state index contributed by atoms with van der Waals surface area (Å²) in [7, 11) is 0. The molecule has 2 atom stereocenters. The van der Waals surface area contributed by atoms with Gasteiger partial charge in [-0.2, -0.15) is 0 Å². The Balaban J connectivity index is 1.18. The van der Waals surface area contributed by atoms with Gasteiger partial charge in [0.05, 0.1) is 33.9 Å². The van der Waals surface area contributed by atoms with E-state index in [2.05, 4.69) is 9.97 Å². The number of aryl methyl sites for hydroxylation is 1. The summed E-state index contributed by atoms with van der Waals surface area (Å²) in [5.41, 5.74) is 2.55. The number of fused-ring (bicyclic) bond motifs is 1. The summed E-state index contributed by atoms with van der Waals surface area (Å²) in [6.07, 6.45) is 6.14. The highest BCUT2D eigenvalue weighted by molar-refractivity contribution is 5.89. The molecule has 2 aromatic rings. The minimum Gasteiger partial charge on any atom is -0.458 e.